The van der Waals surface area contributed by atoms with Crippen LogP contribution in [-0.4, -0.2) is 9.97 Å². The first-order valence-electron chi connectivity index (χ1n) is 12.1. The van der Waals surface area contributed by atoms with Crippen LogP contribution < -0.4 is 4.90 Å². The Labute approximate surface area is 214 Å². The Morgan fingerprint density at radius 3 is 2.11 bits per heavy atom. The summed E-state index contributed by atoms with van der Waals surface area (Å²) in [6.45, 7) is 4.02. The van der Waals surface area contributed by atoms with Crippen molar-refractivity contribution in [3.8, 4) is 11.1 Å². The van der Waals surface area contributed by atoms with Gasteiger partial charge in [-0.1, -0.05) is 66.4 Å². The van der Waals surface area contributed by atoms with Crippen molar-refractivity contribution in [1.82, 2.24) is 9.97 Å². The maximum atomic E-state index is 4.67. The van der Waals surface area contributed by atoms with Crippen LogP contribution in [0.4, 0.5) is 17.1 Å². The largest absolute Gasteiger partial charge is 0.308 e. The summed E-state index contributed by atoms with van der Waals surface area (Å²) < 4.78 is 0. The van der Waals surface area contributed by atoms with Gasteiger partial charge in [-0.2, -0.15) is 0 Å². The van der Waals surface area contributed by atoms with Gasteiger partial charge in [-0.25, -0.2) is 9.97 Å². The van der Waals surface area contributed by atoms with E-state index in [0.29, 0.717) is 0 Å². The van der Waals surface area contributed by atoms with Crippen molar-refractivity contribution < 1.29 is 0 Å². The molecule has 0 fully saturated rings. The van der Waals surface area contributed by atoms with Crippen LogP contribution in [0.2, 0.25) is 0 Å². The third-order valence-electron chi connectivity index (χ3n) is 6.84. The van der Waals surface area contributed by atoms with Crippen molar-refractivity contribution in [3.05, 3.63) is 115 Å². The number of para-hydroxylation sites is 2. The minimum Gasteiger partial charge on any atom is -0.308 e. The summed E-state index contributed by atoms with van der Waals surface area (Å²) >= 11 is 1.84. The van der Waals surface area contributed by atoms with Crippen molar-refractivity contribution in [2.24, 2.45) is 0 Å². The highest BCUT2D eigenvalue weighted by molar-refractivity contribution is 7.99. The molecule has 0 radical (unpaired) electrons. The maximum Gasteiger partial charge on any atom is 0.126 e. The Morgan fingerprint density at radius 1 is 0.639 bits per heavy atom. The number of anilines is 3. The quantitative estimate of drug-likeness (QED) is 0.246. The van der Waals surface area contributed by atoms with Gasteiger partial charge >= 0.3 is 0 Å². The third-order valence-corrected chi connectivity index (χ3v) is 7.97. The number of fused-ring (bicyclic) bond motifs is 4. The van der Waals surface area contributed by atoms with Crippen LogP contribution in [0.15, 0.2) is 113 Å². The lowest BCUT2D eigenvalue weighted by atomic mass is 9.96. The van der Waals surface area contributed by atoms with Crippen molar-refractivity contribution in [3.63, 3.8) is 0 Å². The molecule has 4 heteroatoms. The maximum absolute atomic E-state index is 4.67. The third kappa shape index (κ3) is 3.37. The molecule has 0 unspecified atom stereocenters. The fraction of sp³-hybridized carbons (Fsp3) is 0.0625. The summed E-state index contributed by atoms with van der Waals surface area (Å²) in [5.41, 5.74) is 7.98. The summed E-state index contributed by atoms with van der Waals surface area (Å²) in [6.07, 6.45) is 0. The topological polar surface area (TPSA) is 29.0 Å². The molecule has 5 aromatic carbocycles. The van der Waals surface area contributed by atoms with E-state index in [4.69, 9.17) is 0 Å². The minimum absolute atomic E-state index is 0.808. The summed E-state index contributed by atoms with van der Waals surface area (Å²) in [4.78, 5) is 14.2. The zero-order chi connectivity index (χ0) is 24.2. The minimum atomic E-state index is 0.808. The Morgan fingerprint density at radius 2 is 1.33 bits per heavy atom. The number of aryl methyl sites for hydroxylation is 2. The summed E-state index contributed by atoms with van der Waals surface area (Å²) in [6, 6.07) is 37.1. The van der Waals surface area contributed by atoms with Crippen molar-refractivity contribution in [1.29, 1.82) is 0 Å². The molecule has 1 aliphatic heterocycles. The van der Waals surface area contributed by atoms with Gasteiger partial charge < -0.3 is 4.90 Å². The van der Waals surface area contributed by atoms with Crippen molar-refractivity contribution in [2.45, 2.75) is 23.6 Å². The highest BCUT2D eigenvalue weighted by Crippen LogP contribution is 2.51. The zero-order valence-electron chi connectivity index (χ0n) is 20.1. The van der Waals surface area contributed by atoms with E-state index >= 15 is 0 Å². The molecular formula is C32H23N3S. The fourth-order valence-corrected chi connectivity index (χ4v) is 6.33. The summed E-state index contributed by atoms with van der Waals surface area (Å²) in [5, 5.41) is 3.55. The molecule has 0 bridgehead atoms. The smallest absolute Gasteiger partial charge is 0.126 e. The predicted molar refractivity (Wildman–Crippen MR) is 151 cm³/mol. The summed E-state index contributed by atoms with van der Waals surface area (Å²) in [7, 11) is 0. The van der Waals surface area contributed by atoms with Gasteiger partial charge in [0, 0.05) is 26.6 Å². The molecule has 6 aromatic rings. The average Bonchev–Trinajstić information content (AvgIpc) is 2.90. The van der Waals surface area contributed by atoms with Crippen molar-refractivity contribution in [2.75, 3.05) is 4.90 Å². The SMILES string of the molecule is Cc1nc(C)c2c(-c3ccc4cc(N5c6ccccc6Sc6ccccc65)ccc4c3)cccc2n1. The first kappa shape index (κ1) is 21.2. The fourth-order valence-electron chi connectivity index (χ4n) is 5.27. The molecule has 0 spiro atoms. The molecule has 2 heterocycles. The Hall–Kier alpha value is -4.15. The van der Waals surface area contributed by atoms with Crippen LogP contribution >= 0.6 is 11.8 Å². The second kappa shape index (κ2) is 8.21. The normalized spacial score (nSPS) is 12.6. The first-order valence-corrected chi connectivity index (χ1v) is 12.9. The Balaban J connectivity index is 1.36. The number of aromatic nitrogens is 2. The first-order chi connectivity index (χ1) is 17.7. The van der Waals surface area contributed by atoms with Crippen LogP contribution in [0.3, 0.4) is 0 Å². The van der Waals surface area contributed by atoms with E-state index in [9.17, 15) is 0 Å². The Kier molecular flexibility index (Phi) is 4.83. The molecular weight excluding hydrogens is 458 g/mol. The molecule has 0 saturated heterocycles. The van der Waals surface area contributed by atoms with Gasteiger partial charge in [-0.15, -0.1) is 0 Å². The second-order valence-electron chi connectivity index (χ2n) is 9.18. The van der Waals surface area contributed by atoms with E-state index in [1.54, 1.807) is 0 Å². The van der Waals surface area contributed by atoms with Crippen molar-refractivity contribution >= 4 is 50.5 Å². The number of rotatable bonds is 2. The number of benzene rings is 5. The molecule has 0 atom stereocenters. The molecule has 172 valence electrons. The van der Waals surface area contributed by atoms with E-state index in [1.165, 1.54) is 48.8 Å². The number of hydrogen-bond acceptors (Lipinski definition) is 4. The molecule has 1 aliphatic rings. The van der Waals surface area contributed by atoms with E-state index in [-0.39, 0.29) is 0 Å². The van der Waals surface area contributed by atoms with Gasteiger partial charge in [-0.05, 0) is 84.3 Å². The van der Waals surface area contributed by atoms with Gasteiger partial charge in [0.05, 0.1) is 16.9 Å². The molecule has 0 saturated carbocycles. The second-order valence-corrected chi connectivity index (χ2v) is 10.3. The van der Waals surface area contributed by atoms with Crippen LogP contribution in [0.25, 0.3) is 32.8 Å². The molecule has 0 amide bonds. The monoisotopic (exact) mass is 481 g/mol. The van der Waals surface area contributed by atoms with E-state index < -0.39 is 0 Å². The van der Waals surface area contributed by atoms with E-state index in [1.807, 2.05) is 18.7 Å². The molecule has 0 aliphatic carbocycles. The molecule has 0 N–H and O–H groups in total. The van der Waals surface area contributed by atoms with Gasteiger partial charge in [-0.3, -0.25) is 0 Å². The lowest BCUT2D eigenvalue weighted by Gasteiger charge is -2.33. The van der Waals surface area contributed by atoms with Gasteiger partial charge in [0.2, 0.25) is 0 Å². The van der Waals surface area contributed by atoms with Gasteiger partial charge in [0.1, 0.15) is 5.82 Å². The molecule has 36 heavy (non-hydrogen) atoms. The number of hydrogen-bond donors (Lipinski definition) is 0. The van der Waals surface area contributed by atoms with E-state index in [0.717, 1.165) is 22.4 Å². The van der Waals surface area contributed by atoms with E-state index in [2.05, 4.69) is 125 Å². The summed E-state index contributed by atoms with van der Waals surface area (Å²) in [5.74, 6) is 0.808. The number of nitrogens with zero attached hydrogens (tertiary/aromatic N) is 3. The highest BCUT2D eigenvalue weighted by atomic mass is 32.2. The highest BCUT2D eigenvalue weighted by Gasteiger charge is 2.24. The predicted octanol–water partition coefficient (Wildman–Crippen LogP) is 9.00. The molecule has 3 nitrogen and oxygen atoms in total. The zero-order valence-corrected chi connectivity index (χ0v) is 20.9. The van der Waals surface area contributed by atoms with Crippen LogP contribution in [0, 0.1) is 13.8 Å². The van der Waals surface area contributed by atoms with Gasteiger partial charge in [0.25, 0.3) is 0 Å². The lowest BCUT2D eigenvalue weighted by molar-refractivity contribution is 1.05. The van der Waals surface area contributed by atoms with Crippen LogP contribution in [-0.2, 0) is 0 Å². The molecule has 7 rings (SSSR count). The average molecular weight is 482 g/mol. The van der Waals surface area contributed by atoms with Crippen LogP contribution in [0.1, 0.15) is 11.5 Å². The molecule has 1 aromatic heterocycles. The van der Waals surface area contributed by atoms with Gasteiger partial charge in [0.15, 0.2) is 0 Å². The van der Waals surface area contributed by atoms with Crippen LogP contribution in [0.5, 0.6) is 0 Å². The Bertz CT molecular complexity index is 1760. The lowest BCUT2D eigenvalue weighted by Crippen LogP contribution is -2.14. The standard InChI is InChI=1S/C32H23N3S/c1-20-32-26(8-7-9-27(32)34-21(2)33-20)24-15-14-23-19-25(17-16-22(23)18-24)35-28-10-3-5-12-30(28)36-31-13-6-4-11-29(31)35/h3-19H,1-2H3.